The molecule has 4 rings (SSSR count). The minimum absolute atomic E-state index is 0. The van der Waals surface area contributed by atoms with Crippen LogP contribution in [0.2, 0.25) is 0 Å². The zero-order chi connectivity index (χ0) is 14.1. The van der Waals surface area contributed by atoms with Crippen molar-refractivity contribution in [3.8, 4) is 0 Å². The number of benzene rings is 1. The SMILES string of the molecule is Cl.Cl.c1csc([C@H](c2c[nH]c3ccccc23)N2CCNCC2)c1. The van der Waals surface area contributed by atoms with Crippen molar-refractivity contribution < 1.29 is 0 Å². The van der Waals surface area contributed by atoms with E-state index in [0.717, 1.165) is 26.2 Å². The average molecular weight is 370 g/mol. The van der Waals surface area contributed by atoms with Crippen LogP contribution in [0.3, 0.4) is 0 Å². The number of aromatic nitrogens is 1. The Kier molecular flexibility index (Phi) is 6.50. The van der Waals surface area contributed by atoms with Gasteiger partial charge in [-0.1, -0.05) is 24.3 Å². The number of hydrogen-bond acceptors (Lipinski definition) is 3. The minimum atomic E-state index is 0. The Hall–Kier alpha value is -1.04. The van der Waals surface area contributed by atoms with Crippen molar-refractivity contribution in [1.29, 1.82) is 0 Å². The molecule has 0 saturated carbocycles. The molecule has 2 N–H and O–H groups in total. The van der Waals surface area contributed by atoms with Crippen LogP contribution in [0.5, 0.6) is 0 Å². The fraction of sp³-hybridized carbons (Fsp3) is 0.294. The molecule has 0 spiro atoms. The molecule has 6 heteroatoms. The first-order valence-corrected chi connectivity index (χ1v) is 8.35. The number of aromatic amines is 1. The molecule has 1 aliphatic heterocycles. The van der Waals surface area contributed by atoms with Crippen LogP contribution in [-0.4, -0.2) is 36.1 Å². The number of nitrogens with zero attached hydrogens (tertiary/aromatic N) is 1. The molecule has 3 aromatic rings. The molecule has 1 aromatic carbocycles. The number of piperazine rings is 1. The first-order valence-electron chi connectivity index (χ1n) is 7.47. The van der Waals surface area contributed by atoms with Gasteiger partial charge in [0, 0.05) is 48.2 Å². The zero-order valence-electron chi connectivity index (χ0n) is 12.7. The Morgan fingerprint density at radius 3 is 2.52 bits per heavy atom. The predicted molar refractivity (Wildman–Crippen MR) is 103 cm³/mol. The van der Waals surface area contributed by atoms with E-state index < -0.39 is 0 Å². The van der Waals surface area contributed by atoms with Crippen molar-refractivity contribution in [1.82, 2.24) is 15.2 Å². The second kappa shape index (κ2) is 8.18. The molecule has 0 amide bonds. The maximum absolute atomic E-state index is 3.45. The summed E-state index contributed by atoms with van der Waals surface area (Å²) in [5.74, 6) is 0. The van der Waals surface area contributed by atoms with Gasteiger partial charge in [-0.25, -0.2) is 0 Å². The molecule has 1 aliphatic rings. The fourth-order valence-corrected chi connectivity index (χ4v) is 4.11. The third-order valence-electron chi connectivity index (χ3n) is 4.25. The van der Waals surface area contributed by atoms with Gasteiger partial charge in [0.2, 0.25) is 0 Å². The van der Waals surface area contributed by atoms with Crippen LogP contribution in [0, 0.1) is 0 Å². The topological polar surface area (TPSA) is 31.1 Å². The standard InChI is InChI=1S/C17H19N3S.2ClH/c1-2-5-15-13(4-1)14(12-19-15)17(16-6-3-11-21-16)20-9-7-18-8-10-20;;/h1-6,11-12,17-19H,7-10H2;2*1H/t17-;;/m0../s1. The van der Waals surface area contributed by atoms with Crippen molar-refractivity contribution in [3.63, 3.8) is 0 Å². The summed E-state index contributed by atoms with van der Waals surface area (Å²) < 4.78 is 0. The lowest BCUT2D eigenvalue weighted by Gasteiger charge is -2.34. The van der Waals surface area contributed by atoms with E-state index >= 15 is 0 Å². The summed E-state index contributed by atoms with van der Waals surface area (Å²) in [6, 6.07) is 13.4. The summed E-state index contributed by atoms with van der Waals surface area (Å²) in [6.07, 6.45) is 2.19. The van der Waals surface area contributed by atoms with Crippen molar-refractivity contribution in [2.75, 3.05) is 26.2 Å². The van der Waals surface area contributed by atoms with Crippen LogP contribution in [0.4, 0.5) is 0 Å². The highest BCUT2D eigenvalue weighted by Gasteiger charge is 2.26. The van der Waals surface area contributed by atoms with Crippen LogP contribution in [0.25, 0.3) is 10.9 Å². The highest BCUT2D eigenvalue weighted by atomic mass is 35.5. The Bertz CT molecular complexity index is 720. The Morgan fingerprint density at radius 2 is 1.78 bits per heavy atom. The summed E-state index contributed by atoms with van der Waals surface area (Å²) in [6.45, 7) is 4.35. The summed E-state index contributed by atoms with van der Waals surface area (Å²) in [4.78, 5) is 7.46. The Labute approximate surface area is 152 Å². The third-order valence-corrected chi connectivity index (χ3v) is 5.17. The van der Waals surface area contributed by atoms with Gasteiger partial charge in [0.1, 0.15) is 0 Å². The molecule has 0 bridgehead atoms. The van der Waals surface area contributed by atoms with Gasteiger partial charge >= 0.3 is 0 Å². The Balaban J connectivity index is 0.000000960. The molecule has 1 fully saturated rings. The van der Waals surface area contributed by atoms with E-state index in [9.17, 15) is 0 Å². The molecule has 1 saturated heterocycles. The van der Waals surface area contributed by atoms with Crippen LogP contribution < -0.4 is 5.32 Å². The third kappa shape index (κ3) is 3.57. The molecule has 3 nitrogen and oxygen atoms in total. The highest BCUT2D eigenvalue weighted by molar-refractivity contribution is 7.10. The van der Waals surface area contributed by atoms with E-state index in [2.05, 4.69) is 63.2 Å². The van der Waals surface area contributed by atoms with Gasteiger partial charge in [-0.15, -0.1) is 36.2 Å². The van der Waals surface area contributed by atoms with E-state index in [0.29, 0.717) is 6.04 Å². The lowest BCUT2D eigenvalue weighted by atomic mass is 10.0. The number of para-hydroxylation sites is 1. The quantitative estimate of drug-likeness (QED) is 0.728. The summed E-state index contributed by atoms with van der Waals surface area (Å²) >= 11 is 1.86. The highest BCUT2D eigenvalue weighted by Crippen LogP contribution is 2.35. The summed E-state index contributed by atoms with van der Waals surface area (Å²) in [7, 11) is 0. The minimum Gasteiger partial charge on any atom is -0.361 e. The van der Waals surface area contributed by atoms with E-state index in [1.807, 2.05) is 11.3 Å². The van der Waals surface area contributed by atoms with Gasteiger partial charge in [0.05, 0.1) is 6.04 Å². The maximum Gasteiger partial charge on any atom is 0.0717 e. The molecule has 0 radical (unpaired) electrons. The average Bonchev–Trinajstić information content (AvgIpc) is 3.20. The van der Waals surface area contributed by atoms with Crippen molar-refractivity contribution >= 4 is 47.1 Å². The summed E-state index contributed by atoms with van der Waals surface area (Å²) in [5.41, 5.74) is 2.62. The number of rotatable bonds is 3. The second-order valence-electron chi connectivity index (χ2n) is 5.49. The zero-order valence-corrected chi connectivity index (χ0v) is 15.1. The van der Waals surface area contributed by atoms with E-state index in [1.54, 1.807) is 0 Å². The molecule has 1 atom stereocenters. The number of nitrogens with one attached hydrogen (secondary N) is 2. The molecule has 2 aromatic heterocycles. The van der Waals surface area contributed by atoms with Crippen LogP contribution in [0.1, 0.15) is 16.5 Å². The maximum atomic E-state index is 3.45. The molecule has 3 heterocycles. The first kappa shape index (κ1) is 18.3. The first-order chi connectivity index (χ1) is 10.4. The molecular weight excluding hydrogens is 349 g/mol. The predicted octanol–water partition coefficient (Wildman–Crippen LogP) is 4.07. The smallest absolute Gasteiger partial charge is 0.0717 e. The normalized spacial score (nSPS) is 16.5. The van der Waals surface area contributed by atoms with Gasteiger partial charge in [0.15, 0.2) is 0 Å². The van der Waals surface area contributed by atoms with Crippen LogP contribution >= 0.6 is 36.2 Å². The molecule has 0 aliphatic carbocycles. The van der Waals surface area contributed by atoms with Gasteiger partial charge in [0.25, 0.3) is 0 Å². The number of thiophene rings is 1. The fourth-order valence-electron chi connectivity index (χ4n) is 3.24. The van der Waals surface area contributed by atoms with Crippen molar-refractivity contribution in [3.05, 3.63) is 58.4 Å². The van der Waals surface area contributed by atoms with Crippen molar-refractivity contribution in [2.45, 2.75) is 6.04 Å². The number of H-pyrrole nitrogens is 1. The largest absolute Gasteiger partial charge is 0.361 e. The van der Waals surface area contributed by atoms with E-state index in [1.165, 1.54) is 21.3 Å². The van der Waals surface area contributed by atoms with Gasteiger partial charge in [-0.05, 0) is 23.1 Å². The van der Waals surface area contributed by atoms with Gasteiger partial charge in [-0.3, -0.25) is 4.90 Å². The van der Waals surface area contributed by atoms with Gasteiger partial charge < -0.3 is 10.3 Å². The summed E-state index contributed by atoms with van der Waals surface area (Å²) in [5, 5.41) is 6.97. The monoisotopic (exact) mass is 369 g/mol. The van der Waals surface area contributed by atoms with E-state index in [-0.39, 0.29) is 24.8 Å². The lowest BCUT2D eigenvalue weighted by molar-refractivity contribution is 0.201. The number of halogens is 2. The van der Waals surface area contributed by atoms with Crippen LogP contribution in [0.15, 0.2) is 48.0 Å². The van der Waals surface area contributed by atoms with Crippen LogP contribution in [-0.2, 0) is 0 Å². The Morgan fingerprint density at radius 1 is 1.00 bits per heavy atom. The lowest BCUT2D eigenvalue weighted by Crippen LogP contribution is -2.45. The molecule has 23 heavy (non-hydrogen) atoms. The molecule has 0 unspecified atom stereocenters. The molecular formula is C17H21Cl2N3S. The molecule has 124 valence electrons. The number of hydrogen-bond donors (Lipinski definition) is 2. The second-order valence-corrected chi connectivity index (χ2v) is 6.47. The number of fused-ring (bicyclic) bond motifs is 1. The van der Waals surface area contributed by atoms with Crippen molar-refractivity contribution in [2.24, 2.45) is 0 Å². The van der Waals surface area contributed by atoms with Gasteiger partial charge in [-0.2, -0.15) is 0 Å². The van der Waals surface area contributed by atoms with E-state index in [4.69, 9.17) is 0 Å².